The average molecular weight is 446 g/mol. The summed E-state index contributed by atoms with van der Waals surface area (Å²) in [6.07, 6.45) is 3.04. The molecule has 0 atom stereocenters. The fourth-order valence-corrected chi connectivity index (χ4v) is 3.51. The second kappa shape index (κ2) is 11.2. The minimum absolute atomic E-state index is 0.151. The van der Waals surface area contributed by atoms with Crippen molar-refractivity contribution in [2.45, 2.75) is 40.8 Å². The Labute approximate surface area is 195 Å². The van der Waals surface area contributed by atoms with E-state index in [1.165, 1.54) is 4.90 Å². The van der Waals surface area contributed by atoms with Gasteiger partial charge in [0.15, 0.2) is 0 Å². The molecule has 4 aromatic rings. The van der Waals surface area contributed by atoms with E-state index in [1.807, 2.05) is 68.7 Å². The van der Waals surface area contributed by atoms with Crippen LogP contribution in [-0.2, 0) is 17.9 Å². The number of hydrogen-bond acceptors (Lipinski definition) is 4. The summed E-state index contributed by atoms with van der Waals surface area (Å²) in [7, 11) is 1.68. The Morgan fingerprint density at radius 3 is 2.55 bits per heavy atom. The zero-order valence-electron chi connectivity index (χ0n) is 19.9. The van der Waals surface area contributed by atoms with Crippen LogP contribution >= 0.6 is 0 Å². The number of cyclic esters (lactones) is 1. The van der Waals surface area contributed by atoms with Gasteiger partial charge >= 0.3 is 6.09 Å². The van der Waals surface area contributed by atoms with Crippen molar-refractivity contribution in [3.05, 3.63) is 84.4 Å². The molecule has 2 heterocycles. The maximum Gasteiger partial charge on any atom is 0.414 e. The summed E-state index contributed by atoms with van der Waals surface area (Å²) >= 11 is 0. The van der Waals surface area contributed by atoms with E-state index < -0.39 is 6.09 Å². The highest BCUT2D eigenvalue weighted by Crippen LogP contribution is 2.32. The van der Waals surface area contributed by atoms with E-state index >= 15 is 0 Å². The number of nitrogens with zero attached hydrogens (tertiary/aromatic N) is 3. The molecule has 0 unspecified atom stereocenters. The number of rotatable bonds is 0. The Morgan fingerprint density at radius 1 is 0.939 bits per heavy atom. The molecular weight excluding hydrogens is 414 g/mol. The van der Waals surface area contributed by atoms with Gasteiger partial charge in [0.25, 0.3) is 0 Å². The smallest absolute Gasteiger partial charge is 0.414 e. The molecule has 6 nitrogen and oxygen atoms in total. The average Bonchev–Trinajstić information content (AvgIpc) is 3.31. The lowest BCUT2D eigenvalue weighted by molar-refractivity contribution is 0.146. The number of imidazole rings is 1. The van der Waals surface area contributed by atoms with Crippen LogP contribution in [0.15, 0.2) is 73.2 Å². The lowest BCUT2D eigenvalue weighted by atomic mass is 10.1. The first-order chi connectivity index (χ1) is 16.2. The predicted molar refractivity (Wildman–Crippen MR) is 133 cm³/mol. The van der Waals surface area contributed by atoms with Crippen LogP contribution in [0.2, 0.25) is 0 Å². The van der Waals surface area contributed by atoms with Gasteiger partial charge in [-0.15, -0.1) is 0 Å². The molecule has 5 rings (SSSR count). The van der Waals surface area contributed by atoms with Crippen LogP contribution in [0.3, 0.4) is 0 Å². The number of hydrogen-bond donors (Lipinski definition) is 0. The van der Waals surface area contributed by atoms with E-state index in [4.69, 9.17) is 9.47 Å². The molecule has 0 radical (unpaired) electrons. The fraction of sp³-hybridized carbons (Fsp3) is 0.259. The van der Waals surface area contributed by atoms with Crippen molar-refractivity contribution in [3.8, 4) is 11.5 Å². The van der Waals surface area contributed by atoms with E-state index in [9.17, 15) is 4.79 Å². The van der Waals surface area contributed by atoms with Crippen molar-refractivity contribution in [1.82, 2.24) is 9.55 Å². The van der Waals surface area contributed by atoms with E-state index in [-0.39, 0.29) is 6.61 Å². The predicted octanol–water partition coefficient (Wildman–Crippen LogP) is 7.02. The molecule has 0 saturated heterocycles. The normalized spacial score (nSPS) is 12.6. The summed E-state index contributed by atoms with van der Waals surface area (Å²) in [5, 5.41) is 2.14. The zero-order valence-corrected chi connectivity index (χ0v) is 19.9. The molecule has 1 aromatic heterocycles. The topological polar surface area (TPSA) is 56.6 Å². The minimum Gasteiger partial charge on any atom is -0.457 e. The largest absolute Gasteiger partial charge is 0.457 e. The second-order valence-electron chi connectivity index (χ2n) is 7.04. The number of aromatic nitrogens is 2. The number of carbonyl (C=O) groups excluding carboxylic acids is 1. The maximum atomic E-state index is 12.5. The second-order valence-corrected chi connectivity index (χ2v) is 7.04. The quantitative estimate of drug-likeness (QED) is 0.292. The first-order valence-corrected chi connectivity index (χ1v) is 11.4. The number of ether oxygens (including phenoxy) is 2. The monoisotopic (exact) mass is 445 g/mol. The summed E-state index contributed by atoms with van der Waals surface area (Å²) in [4.78, 5) is 18.2. The molecule has 0 saturated carbocycles. The summed E-state index contributed by atoms with van der Waals surface area (Å²) < 4.78 is 13.7. The van der Waals surface area contributed by atoms with Gasteiger partial charge in [0.1, 0.15) is 18.1 Å². The Kier molecular flexibility index (Phi) is 8.08. The molecule has 1 aliphatic rings. The molecule has 0 fully saturated rings. The third-order valence-electron chi connectivity index (χ3n) is 5.11. The molecule has 1 aliphatic heterocycles. The molecule has 0 N–H and O–H groups in total. The SMILES string of the molecule is CC.CC.CN1C(=O)OCc2cncn2Cc2ccc3cccc(c3c2)Oc2cccc1c2. The summed E-state index contributed by atoms with van der Waals surface area (Å²) in [5.74, 6) is 1.43. The van der Waals surface area contributed by atoms with Crippen molar-refractivity contribution in [3.63, 3.8) is 0 Å². The van der Waals surface area contributed by atoms with Crippen molar-refractivity contribution in [1.29, 1.82) is 0 Å². The third-order valence-corrected chi connectivity index (χ3v) is 5.11. The maximum absolute atomic E-state index is 12.5. The van der Waals surface area contributed by atoms with Crippen molar-refractivity contribution in [2.75, 3.05) is 11.9 Å². The molecule has 3 aromatic carbocycles. The van der Waals surface area contributed by atoms with Crippen molar-refractivity contribution < 1.29 is 14.3 Å². The van der Waals surface area contributed by atoms with E-state index in [1.54, 1.807) is 19.6 Å². The van der Waals surface area contributed by atoms with Crippen molar-refractivity contribution in [2.24, 2.45) is 0 Å². The van der Waals surface area contributed by atoms with Crippen LogP contribution in [0.25, 0.3) is 10.8 Å². The van der Waals surface area contributed by atoms with Crippen LogP contribution in [0.5, 0.6) is 11.5 Å². The van der Waals surface area contributed by atoms with Gasteiger partial charge in [0.05, 0.1) is 23.9 Å². The van der Waals surface area contributed by atoms with E-state index in [0.717, 1.165) is 27.8 Å². The third kappa shape index (κ3) is 5.34. The van der Waals surface area contributed by atoms with Crippen LogP contribution in [0, 0.1) is 0 Å². The highest BCUT2D eigenvalue weighted by atomic mass is 16.6. The van der Waals surface area contributed by atoms with Crippen LogP contribution < -0.4 is 9.64 Å². The molecule has 1 amide bonds. The Bertz CT molecular complexity index is 1220. The number of carbonyl (C=O) groups is 1. The molecule has 172 valence electrons. The standard InChI is InChI=1S/C23H19N3O3.2C2H6/c1-25-18-5-3-6-20(11-18)29-22-7-2-4-17-9-8-16(10-21(17)22)13-26-15-24-12-19(26)14-28-23(25)27;2*1-2/h2-12,15H,13-14H2,1H3;2*1-2H3. The van der Waals surface area contributed by atoms with Gasteiger partial charge in [-0.25, -0.2) is 9.78 Å². The van der Waals surface area contributed by atoms with Gasteiger partial charge in [0.2, 0.25) is 0 Å². The molecule has 33 heavy (non-hydrogen) atoms. The zero-order chi connectivity index (χ0) is 23.8. The molecule has 0 spiro atoms. The Balaban J connectivity index is 0.000000728. The van der Waals surface area contributed by atoms with Gasteiger partial charge in [-0.2, -0.15) is 0 Å². The molecular formula is C27H31N3O3. The summed E-state index contributed by atoms with van der Waals surface area (Å²) in [6.45, 7) is 8.78. The Morgan fingerprint density at radius 2 is 1.73 bits per heavy atom. The highest BCUT2D eigenvalue weighted by molar-refractivity contribution is 5.89. The van der Waals surface area contributed by atoms with Crippen LogP contribution in [0.4, 0.5) is 10.5 Å². The van der Waals surface area contributed by atoms with Gasteiger partial charge < -0.3 is 14.0 Å². The summed E-state index contributed by atoms with van der Waals surface area (Å²) in [5.41, 5.74) is 2.64. The van der Waals surface area contributed by atoms with E-state index in [0.29, 0.717) is 18.0 Å². The van der Waals surface area contributed by atoms with Crippen LogP contribution in [-0.4, -0.2) is 22.7 Å². The lowest BCUT2D eigenvalue weighted by Gasteiger charge is -2.18. The summed E-state index contributed by atoms with van der Waals surface area (Å²) in [6, 6.07) is 19.7. The number of fused-ring (bicyclic) bond motifs is 4. The Hall–Kier alpha value is -3.80. The first kappa shape index (κ1) is 23.9. The fourth-order valence-electron chi connectivity index (χ4n) is 3.51. The van der Waals surface area contributed by atoms with E-state index in [2.05, 4.69) is 29.2 Å². The minimum atomic E-state index is -0.438. The van der Waals surface area contributed by atoms with Gasteiger partial charge in [0, 0.05) is 25.0 Å². The lowest BCUT2D eigenvalue weighted by Crippen LogP contribution is -2.27. The van der Waals surface area contributed by atoms with Crippen molar-refractivity contribution >= 4 is 22.6 Å². The van der Waals surface area contributed by atoms with Crippen LogP contribution in [0.1, 0.15) is 39.0 Å². The molecule has 4 bridgehead atoms. The number of benzene rings is 3. The first-order valence-electron chi connectivity index (χ1n) is 11.4. The van der Waals surface area contributed by atoms with Gasteiger partial charge in [-0.1, -0.05) is 58.0 Å². The molecule has 0 aliphatic carbocycles. The van der Waals surface area contributed by atoms with Gasteiger partial charge in [-0.05, 0) is 35.2 Å². The number of amides is 1. The molecule has 6 heteroatoms. The number of anilines is 1. The van der Waals surface area contributed by atoms with Gasteiger partial charge in [-0.3, -0.25) is 4.90 Å². The highest BCUT2D eigenvalue weighted by Gasteiger charge is 2.16.